The van der Waals surface area contributed by atoms with E-state index in [2.05, 4.69) is 38.9 Å². The lowest BCUT2D eigenvalue weighted by molar-refractivity contribution is -0.115. The minimum absolute atomic E-state index is 0.118. The molecular weight excluding hydrogens is 350 g/mol. The second-order valence-corrected chi connectivity index (χ2v) is 7.28. The molecule has 2 aromatic heterocycles. The van der Waals surface area contributed by atoms with Crippen molar-refractivity contribution in [2.24, 2.45) is 0 Å². The first-order valence-electron chi connectivity index (χ1n) is 9.67. The zero-order chi connectivity index (χ0) is 19.5. The molecule has 3 aromatic rings. The molecule has 1 aromatic carbocycles. The van der Waals surface area contributed by atoms with Crippen LogP contribution in [0.1, 0.15) is 24.4 Å². The van der Waals surface area contributed by atoms with Gasteiger partial charge in [0.1, 0.15) is 11.3 Å². The summed E-state index contributed by atoms with van der Waals surface area (Å²) in [5.41, 5.74) is 3.85. The van der Waals surface area contributed by atoms with Gasteiger partial charge in [-0.25, -0.2) is 9.97 Å². The summed E-state index contributed by atoms with van der Waals surface area (Å²) in [6.45, 7) is 2.12. The van der Waals surface area contributed by atoms with Gasteiger partial charge in [-0.3, -0.25) is 4.79 Å². The fraction of sp³-hybridized carbons (Fsp3) is 0.318. The molecule has 1 fully saturated rings. The smallest absolute Gasteiger partial charge is 0.243 e. The molecule has 0 spiro atoms. The first-order chi connectivity index (χ1) is 13.7. The zero-order valence-corrected chi connectivity index (χ0v) is 16.3. The van der Waals surface area contributed by atoms with Gasteiger partial charge in [-0.05, 0) is 56.3 Å². The highest BCUT2D eigenvalue weighted by Crippen LogP contribution is 2.32. The van der Waals surface area contributed by atoms with Gasteiger partial charge in [0.15, 0.2) is 5.65 Å². The molecule has 6 nitrogen and oxygen atoms in total. The largest absolute Gasteiger partial charge is 0.356 e. The van der Waals surface area contributed by atoms with Gasteiger partial charge < -0.3 is 14.8 Å². The predicted octanol–water partition coefficient (Wildman–Crippen LogP) is 3.12. The number of likely N-dealkylation sites (N-methyl/N-ethyl adjacent to an activating group) is 2. The van der Waals surface area contributed by atoms with Crippen LogP contribution in [-0.4, -0.2) is 52.5 Å². The Bertz CT molecular complexity index is 1020. The Morgan fingerprint density at radius 2 is 2.18 bits per heavy atom. The SMILES string of the molecule is CNC(=O)/C=C/c1cccc(-c2nc3cccnc3n2[C@@H]2CCCN(C)C2)c1. The topological polar surface area (TPSA) is 63.1 Å². The summed E-state index contributed by atoms with van der Waals surface area (Å²) in [5.74, 6) is 0.816. The number of piperidine rings is 1. The standard InChI is InChI=1S/C22H25N5O/c1-23-20(28)11-10-16-6-3-7-17(14-16)21-25-19-9-4-12-24-22(19)27(21)18-8-5-13-26(2)15-18/h3-4,6-7,9-12,14,18H,5,8,13,15H2,1-2H3,(H,23,28)/b11-10+/t18-/m1/s1. The highest BCUT2D eigenvalue weighted by molar-refractivity contribution is 5.91. The molecule has 0 bridgehead atoms. The average Bonchev–Trinajstić information content (AvgIpc) is 3.12. The number of nitrogens with one attached hydrogen (secondary N) is 1. The van der Waals surface area contributed by atoms with Crippen LogP contribution in [0, 0.1) is 0 Å². The lowest BCUT2D eigenvalue weighted by Crippen LogP contribution is -2.33. The van der Waals surface area contributed by atoms with Crippen molar-refractivity contribution in [2.45, 2.75) is 18.9 Å². The van der Waals surface area contributed by atoms with Gasteiger partial charge in [-0.2, -0.15) is 0 Å². The monoisotopic (exact) mass is 375 g/mol. The van der Waals surface area contributed by atoms with Crippen LogP contribution < -0.4 is 5.32 Å². The maximum atomic E-state index is 11.5. The molecule has 0 radical (unpaired) electrons. The molecule has 6 heteroatoms. The molecular formula is C22H25N5O. The molecule has 4 rings (SSSR count). The van der Waals surface area contributed by atoms with Gasteiger partial charge in [-0.15, -0.1) is 0 Å². The van der Waals surface area contributed by atoms with Crippen LogP contribution >= 0.6 is 0 Å². The zero-order valence-electron chi connectivity index (χ0n) is 16.3. The van der Waals surface area contributed by atoms with Crippen LogP contribution in [0.5, 0.6) is 0 Å². The van der Waals surface area contributed by atoms with Gasteiger partial charge in [0.05, 0.1) is 0 Å². The number of benzene rings is 1. The van der Waals surface area contributed by atoms with Gasteiger partial charge in [0.25, 0.3) is 0 Å². The second-order valence-electron chi connectivity index (χ2n) is 7.28. The summed E-state index contributed by atoms with van der Waals surface area (Å²) in [5, 5.41) is 2.60. The van der Waals surface area contributed by atoms with Crippen LogP contribution in [0.4, 0.5) is 0 Å². The number of carbonyl (C=O) groups is 1. The Morgan fingerprint density at radius 3 is 3.00 bits per heavy atom. The van der Waals surface area contributed by atoms with E-state index in [4.69, 9.17) is 4.98 Å². The van der Waals surface area contributed by atoms with Gasteiger partial charge in [-0.1, -0.05) is 18.2 Å². The molecule has 0 saturated carbocycles. The maximum Gasteiger partial charge on any atom is 0.243 e. The van der Waals surface area contributed by atoms with E-state index in [1.807, 2.05) is 36.5 Å². The average molecular weight is 375 g/mol. The van der Waals surface area contributed by atoms with Gasteiger partial charge in [0.2, 0.25) is 5.91 Å². The first-order valence-corrected chi connectivity index (χ1v) is 9.67. The summed E-state index contributed by atoms with van der Waals surface area (Å²) < 4.78 is 2.30. The van der Waals surface area contributed by atoms with E-state index in [9.17, 15) is 4.79 Å². The Labute approximate surface area is 164 Å². The molecule has 28 heavy (non-hydrogen) atoms. The minimum Gasteiger partial charge on any atom is -0.356 e. The molecule has 1 aliphatic rings. The van der Waals surface area contributed by atoms with Crippen molar-refractivity contribution in [1.29, 1.82) is 0 Å². The van der Waals surface area contributed by atoms with Crippen LogP contribution in [0.15, 0.2) is 48.7 Å². The van der Waals surface area contributed by atoms with E-state index >= 15 is 0 Å². The van der Waals surface area contributed by atoms with E-state index in [0.717, 1.165) is 47.6 Å². The van der Waals surface area contributed by atoms with Crippen molar-refractivity contribution in [3.8, 4) is 11.4 Å². The van der Waals surface area contributed by atoms with Crippen LogP contribution in [0.3, 0.4) is 0 Å². The Balaban J connectivity index is 1.79. The Kier molecular flexibility index (Phi) is 5.21. The molecule has 1 aliphatic heterocycles. The number of hydrogen-bond donors (Lipinski definition) is 1. The predicted molar refractivity (Wildman–Crippen MR) is 112 cm³/mol. The quantitative estimate of drug-likeness (QED) is 0.712. The normalized spacial score (nSPS) is 18.0. The number of fused-ring (bicyclic) bond motifs is 1. The fourth-order valence-electron chi connectivity index (χ4n) is 3.87. The number of aromatic nitrogens is 3. The first kappa shape index (κ1) is 18.4. The van der Waals surface area contributed by atoms with E-state index in [1.54, 1.807) is 13.1 Å². The van der Waals surface area contributed by atoms with Crippen molar-refractivity contribution in [3.63, 3.8) is 0 Å². The third-order valence-corrected chi connectivity index (χ3v) is 5.23. The van der Waals surface area contributed by atoms with Crippen molar-refractivity contribution >= 4 is 23.1 Å². The number of rotatable bonds is 4. The molecule has 3 heterocycles. The van der Waals surface area contributed by atoms with Crippen molar-refractivity contribution in [3.05, 3.63) is 54.2 Å². The van der Waals surface area contributed by atoms with E-state index in [1.165, 1.54) is 6.42 Å². The molecule has 1 amide bonds. The molecule has 1 N–H and O–H groups in total. The summed E-state index contributed by atoms with van der Waals surface area (Å²) in [6.07, 6.45) is 7.48. The molecule has 0 aliphatic carbocycles. The maximum absolute atomic E-state index is 11.5. The lowest BCUT2D eigenvalue weighted by Gasteiger charge is -2.31. The van der Waals surface area contributed by atoms with Gasteiger partial charge in [0, 0.05) is 37.5 Å². The number of likely N-dealkylation sites (tertiary alicyclic amines) is 1. The highest BCUT2D eigenvalue weighted by Gasteiger charge is 2.24. The molecule has 1 saturated heterocycles. The summed E-state index contributed by atoms with van der Waals surface area (Å²) >= 11 is 0. The minimum atomic E-state index is -0.118. The number of imidazole rings is 1. The lowest BCUT2D eigenvalue weighted by atomic mass is 10.0. The molecule has 0 unspecified atom stereocenters. The second kappa shape index (κ2) is 7.94. The van der Waals surface area contributed by atoms with Crippen molar-refractivity contribution in [1.82, 2.24) is 24.8 Å². The number of hydrogen-bond acceptors (Lipinski definition) is 4. The van der Waals surface area contributed by atoms with Crippen molar-refractivity contribution < 1.29 is 4.79 Å². The van der Waals surface area contributed by atoms with E-state index < -0.39 is 0 Å². The third-order valence-electron chi connectivity index (χ3n) is 5.23. The van der Waals surface area contributed by atoms with E-state index in [0.29, 0.717) is 6.04 Å². The van der Waals surface area contributed by atoms with Crippen LogP contribution in [0.25, 0.3) is 28.6 Å². The van der Waals surface area contributed by atoms with Crippen LogP contribution in [-0.2, 0) is 4.79 Å². The fourth-order valence-corrected chi connectivity index (χ4v) is 3.87. The number of carbonyl (C=O) groups excluding carboxylic acids is 1. The summed E-state index contributed by atoms with van der Waals surface area (Å²) in [7, 11) is 3.79. The summed E-state index contributed by atoms with van der Waals surface area (Å²) in [4.78, 5) is 23.4. The molecule has 144 valence electrons. The number of pyridine rings is 1. The highest BCUT2D eigenvalue weighted by atomic mass is 16.1. The number of nitrogens with zero attached hydrogens (tertiary/aromatic N) is 4. The molecule has 1 atom stereocenters. The Morgan fingerprint density at radius 1 is 1.29 bits per heavy atom. The van der Waals surface area contributed by atoms with Crippen molar-refractivity contribution in [2.75, 3.05) is 27.2 Å². The summed E-state index contributed by atoms with van der Waals surface area (Å²) in [6, 6.07) is 12.4. The Hall–Kier alpha value is -2.99. The van der Waals surface area contributed by atoms with Gasteiger partial charge >= 0.3 is 0 Å². The van der Waals surface area contributed by atoms with Crippen LogP contribution in [0.2, 0.25) is 0 Å². The van der Waals surface area contributed by atoms with E-state index in [-0.39, 0.29) is 5.91 Å². The third kappa shape index (κ3) is 3.68. The number of amides is 1.